The number of hydrogen-bond acceptors (Lipinski definition) is 4. The number of nitrogens with zero attached hydrogens (tertiary/aromatic N) is 4. The summed E-state index contributed by atoms with van der Waals surface area (Å²) in [5, 5.41) is 9.71. The van der Waals surface area contributed by atoms with Crippen molar-refractivity contribution < 1.29 is 4.79 Å². The zero-order valence-electron chi connectivity index (χ0n) is 14.3. The molecule has 26 heavy (non-hydrogen) atoms. The van der Waals surface area contributed by atoms with Crippen LogP contribution in [-0.4, -0.2) is 52.3 Å². The average Bonchev–Trinajstić information content (AvgIpc) is 3.18. The van der Waals surface area contributed by atoms with Gasteiger partial charge in [0.2, 0.25) is 5.95 Å². The van der Waals surface area contributed by atoms with E-state index in [1.807, 2.05) is 48.5 Å². The number of rotatable bonds is 3. The number of hydrogen-bond donors (Lipinski definition) is 2. The summed E-state index contributed by atoms with van der Waals surface area (Å²) >= 11 is 0. The van der Waals surface area contributed by atoms with Gasteiger partial charge >= 0.3 is 6.03 Å². The van der Waals surface area contributed by atoms with Gasteiger partial charge in [0.05, 0.1) is 0 Å². The smallest absolute Gasteiger partial charge is 0.324 e. The van der Waals surface area contributed by atoms with E-state index in [0.29, 0.717) is 24.9 Å². The Labute approximate surface area is 151 Å². The number of para-hydroxylation sites is 1. The maximum absolute atomic E-state index is 12.5. The lowest BCUT2D eigenvalue weighted by molar-refractivity contribution is 0.208. The van der Waals surface area contributed by atoms with Crippen molar-refractivity contribution in [1.29, 1.82) is 0 Å². The molecule has 0 radical (unpaired) electrons. The summed E-state index contributed by atoms with van der Waals surface area (Å²) in [4.78, 5) is 20.9. The molecule has 2 aromatic carbocycles. The van der Waals surface area contributed by atoms with E-state index >= 15 is 0 Å². The molecule has 2 amide bonds. The monoisotopic (exact) mass is 348 g/mol. The maximum atomic E-state index is 12.5. The van der Waals surface area contributed by atoms with E-state index in [1.165, 1.54) is 5.69 Å². The lowest BCUT2D eigenvalue weighted by Gasteiger charge is -2.35. The second kappa shape index (κ2) is 7.26. The van der Waals surface area contributed by atoms with Crippen molar-refractivity contribution in [3.05, 3.63) is 60.7 Å². The fourth-order valence-corrected chi connectivity index (χ4v) is 3.02. The molecule has 7 heteroatoms. The molecule has 1 aliphatic rings. The van der Waals surface area contributed by atoms with E-state index in [1.54, 1.807) is 4.90 Å². The van der Waals surface area contributed by atoms with Crippen LogP contribution >= 0.6 is 0 Å². The van der Waals surface area contributed by atoms with Crippen LogP contribution in [0.5, 0.6) is 0 Å². The molecule has 1 saturated heterocycles. The Morgan fingerprint density at radius 1 is 0.923 bits per heavy atom. The third-order valence-corrected chi connectivity index (χ3v) is 4.44. The summed E-state index contributed by atoms with van der Waals surface area (Å²) in [6.07, 6.45) is 0. The van der Waals surface area contributed by atoms with Gasteiger partial charge in [0.15, 0.2) is 5.82 Å². The molecule has 7 nitrogen and oxygen atoms in total. The van der Waals surface area contributed by atoms with E-state index in [4.69, 9.17) is 0 Å². The summed E-state index contributed by atoms with van der Waals surface area (Å²) in [7, 11) is 0. The minimum atomic E-state index is -0.170. The molecule has 0 spiro atoms. The first-order valence-electron chi connectivity index (χ1n) is 8.63. The van der Waals surface area contributed by atoms with Crippen LogP contribution in [0, 0.1) is 0 Å². The summed E-state index contributed by atoms with van der Waals surface area (Å²) in [5.74, 6) is 0.925. The summed E-state index contributed by atoms with van der Waals surface area (Å²) in [6.45, 7) is 2.94. The first kappa shape index (κ1) is 16.1. The highest BCUT2D eigenvalue weighted by Crippen LogP contribution is 2.17. The Hall–Kier alpha value is -3.35. The van der Waals surface area contributed by atoms with Crippen molar-refractivity contribution in [3.8, 4) is 11.4 Å². The van der Waals surface area contributed by atoms with Crippen molar-refractivity contribution in [2.45, 2.75) is 0 Å². The summed E-state index contributed by atoms with van der Waals surface area (Å²) in [5.41, 5.74) is 2.12. The maximum Gasteiger partial charge on any atom is 0.324 e. The highest BCUT2D eigenvalue weighted by atomic mass is 16.2. The topological polar surface area (TPSA) is 77.1 Å². The van der Waals surface area contributed by atoms with Gasteiger partial charge < -0.3 is 9.80 Å². The van der Waals surface area contributed by atoms with Crippen LogP contribution in [0.3, 0.4) is 0 Å². The normalized spacial score (nSPS) is 14.3. The van der Waals surface area contributed by atoms with Crippen molar-refractivity contribution in [3.63, 3.8) is 0 Å². The van der Waals surface area contributed by atoms with Gasteiger partial charge in [-0.2, -0.15) is 4.98 Å². The van der Waals surface area contributed by atoms with E-state index in [2.05, 4.69) is 37.5 Å². The van der Waals surface area contributed by atoms with Gasteiger partial charge in [0, 0.05) is 37.4 Å². The van der Waals surface area contributed by atoms with Gasteiger partial charge in [-0.05, 0) is 12.1 Å². The third-order valence-electron chi connectivity index (χ3n) is 4.44. The molecule has 2 heterocycles. The average molecular weight is 348 g/mol. The number of anilines is 2. The van der Waals surface area contributed by atoms with Crippen LogP contribution in [0.15, 0.2) is 60.7 Å². The Kier molecular flexibility index (Phi) is 4.51. The number of benzene rings is 2. The van der Waals surface area contributed by atoms with Crippen molar-refractivity contribution in [2.75, 3.05) is 36.4 Å². The number of amides is 2. The minimum absolute atomic E-state index is 0.170. The molecule has 0 unspecified atom stereocenters. The van der Waals surface area contributed by atoms with Gasteiger partial charge in [-0.25, -0.2) is 4.79 Å². The highest BCUT2D eigenvalue weighted by molar-refractivity contribution is 5.87. The van der Waals surface area contributed by atoms with Crippen molar-refractivity contribution in [2.24, 2.45) is 0 Å². The van der Waals surface area contributed by atoms with Gasteiger partial charge in [-0.15, -0.1) is 5.10 Å². The van der Waals surface area contributed by atoms with Crippen molar-refractivity contribution >= 4 is 17.7 Å². The number of H-pyrrole nitrogens is 1. The predicted octanol–water partition coefficient (Wildman–Crippen LogP) is 2.83. The number of urea groups is 1. The van der Waals surface area contributed by atoms with Crippen LogP contribution in [0.1, 0.15) is 0 Å². The molecule has 132 valence electrons. The highest BCUT2D eigenvalue weighted by Gasteiger charge is 2.22. The predicted molar refractivity (Wildman–Crippen MR) is 101 cm³/mol. The summed E-state index contributed by atoms with van der Waals surface area (Å²) in [6, 6.07) is 19.8. The van der Waals surface area contributed by atoms with Gasteiger partial charge in [0.1, 0.15) is 0 Å². The number of aromatic amines is 1. The SMILES string of the molecule is O=C(Nc1n[nH]c(-c2ccccc2)n1)N1CCN(c2ccccc2)CC1. The van der Waals surface area contributed by atoms with Crippen molar-refractivity contribution in [1.82, 2.24) is 20.1 Å². The first-order valence-corrected chi connectivity index (χ1v) is 8.63. The molecule has 2 N–H and O–H groups in total. The molecule has 0 atom stereocenters. The van der Waals surface area contributed by atoms with E-state index < -0.39 is 0 Å². The molecule has 0 bridgehead atoms. The second-order valence-electron chi connectivity index (χ2n) is 6.11. The zero-order chi connectivity index (χ0) is 17.8. The van der Waals surface area contributed by atoms with Crippen LogP contribution in [0.4, 0.5) is 16.4 Å². The largest absolute Gasteiger partial charge is 0.368 e. The zero-order valence-corrected chi connectivity index (χ0v) is 14.3. The number of carbonyl (C=O) groups is 1. The number of carbonyl (C=O) groups excluding carboxylic acids is 1. The van der Waals surface area contributed by atoms with E-state index in [0.717, 1.165) is 18.7 Å². The molecule has 1 aromatic heterocycles. The lowest BCUT2D eigenvalue weighted by atomic mass is 10.2. The van der Waals surface area contributed by atoms with E-state index in [9.17, 15) is 4.79 Å². The quantitative estimate of drug-likeness (QED) is 0.763. The Morgan fingerprint density at radius 3 is 2.27 bits per heavy atom. The summed E-state index contributed by atoms with van der Waals surface area (Å²) < 4.78 is 0. The number of piperazine rings is 1. The van der Waals surface area contributed by atoms with Gasteiger partial charge in [-0.3, -0.25) is 10.4 Å². The molecular formula is C19H20N6O. The Bertz CT molecular complexity index is 856. The molecule has 0 saturated carbocycles. The first-order chi connectivity index (χ1) is 12.8. The molecule has 4 rings (SSSR count). The molecule has 1 fully saturated rings. The Balaban J connectivity index is 1.34. The minimum Gasteiger partial charge on any atom is -0.368 e. The lowest BCUT2D eigenvalue weighted by Crippen LogP contribution is -2.50. The third kappa shape index (κ3) is 3.51. The van der Waals surface area contributed by atoms with Crippen LogP contribution in [-0.2, 0) is 0 Å². The fourth-order valence-electron chi connectivity index (χ4n) is 3.02. The fraction of sp³-hybridized carbons (Fsp3) is 0.211. The Morgan fingerprint density at radius 2 is 1.58 bits per heavy atom. The standard InChI is InChI=1S/C19H20N6O/c26-19(21-18-20-17(22-23-18)15-7-3-1-4-8-15)25-13-11-24(12-14-25)16-9-5-2-6-10-16/h1-10H,11-14H2,(H2,20,21,22,23,26). The van der Waals surface area contributed by atoms with Crippen LogP contribution in [0.25, 0.3) is 11.4 Å². The second-order valence-corrected chi connectivity index (χ2v) is 6.11. The molecule has 3 aromatic rings. The molecular weight excluding hydrogens is 328 g/mol. The van der Waals surface area contributed by atoms with Crippen LogP contribution in [0.2, 0.25) is 0 Å². The van der Waals surface area contributed by atoms with Gasteiger partial charge in [-0.1, -0.05) is 48.5 Å². The van der Waals surface area contributed by atoms with Crippen LogP contribution < -0.4 is 10.2 Å². The number of nitrogens with one attached hydrogen (secondary N) is 2. The van der Waals surface area contributed by atoms with Gasteiger partial charge in [0.25, 0.3) is 0 Å². The molecule has 1 aliphatic heterocycles. The van der Waals surface area contributed by atoms with E-state index in [-0.39, 0.29) is 6.03 Å². The number of aromatic nitrogens is 3. The molecule has 0 aliphatic carbocycles.